The van der Waals surface area contributed by atoms with Gasteiger partial charge >= 0.3 is 6.18 Å². The minimum Gasteiger partial charge on any atom is -0.378 e. The number of hydrogen-bond donors (Lipinski definition) is 2. The Kier molecular flexibility index (Phi) is 3.69. The lowest BCUT2D eigenvalue weighted by Crippen LogP contribution is -2.20. The van der Waals surface area contributed by atoms with Gasteiger partial charge in [-0.3, -0.25) is 4.79 Å². The molecule has 0 fully saturated rings. The highest BCUT2D eigenvalue weighted by molar-refractivity contribution is 7.12. The van der Waals surface area contributed by atoms with Crippen molar-refractivity contribution in [3.63, 3.8) is 0 Å². The fourth-order valence-corrected chi connectivity index (χ4v) is 2.87. The van der Waals surface area contributed by atoms with Gasteiger partial charge < -0.3 is 10.1 Å². The number of carbonyl (C=O) groups is 1. The molecule has 0 spiro atoms. The first-order chi connectivity index (χ1) is 10.8. The number of fused-ring (bicyclic) bond motifs is 1. The van der Waals surface area contributed by atoms with E-state index in [-0.39, 0.29) is 10.6 Å². The number of aliphatic hydroxyl groups excluding tert-OH is 1. The molecule has 1 aromatic carbocycles. The number of rotatable bonds is 3. The lowest BCUT2D eigenvalue weighted by molar-refractivity contribution is -0.207. The van der Waals surface area contributed by atoms with Crippen LogP contribution in [0.5, 0.6) is 0 Å². The van der Waals surface area contributed by atoms with E-state index in [4.69, 9.17) is 5.11 Å². The molecule has 23 heavy (non-hydrogen) atoms. The van der Waals surface area contributed by atoms with Crippen molar-refractivity contribution in [2.24, 2.45) is 0 Å². The second-order valence-electron chi connectivity index (χ2n) is 4.74. The summed E-state index contributed by atoms with van der Waals surface area (Å²) in [5.41, 5.74) is -0.0698. The van der Waals surface area contributed by atoms with Crippen molar-refractivity contribution in [1.29, 1.82) is 0 Å². The van der Waals surface area contributed by atoms with Crippen LogP contribution in [0.25, 0.3) is 10.9 Å². The van der Waals surface area contributed by atoms with Crippen LogP contribution in [-0.4, -0.2) is 27.0 Å². The van der Waals surface area contributed by atoms with Gasteiger partial charge in [0, 0.05) is 22.5 Å². The molecule has 0 aliphatic carbocycles. The van der Waals surface area contributed by atoms with E-state index in [0.29, 0.717) is 22.2 Å². The van der Waals surface area contributed by atoms with Gasteiger partial charge in [0.05, 0.1) is 11.3 Å². The van der Waals surface area contributed by atoms with E-state index >= 15 is 0 Å². The summed E-state index contributed by atoms with van der Waals surface area (Å²) < 4.78 is 50.5. The zero-order chi connectivity index (χ0) is 16.8. The maximum absolute atomic E-state index is 13.1. The second kappa shape index (κ2) is 5.43. The minimum atomic E-state index is -4.85. The van der Waals surface area contributed by atoms with Crippen molar-refractivity contribution >= 4 is 28.0 Å². The number of halogens is 4. The molecule has 4 nitrogen and oxygen atoms in total. The predicted molar refractivity (Wildman–Crippen MR) is 74.8 cm³/mol. The lowest BCUT2D eigenvalue weighted by atomic mass is 10.1. The van der Waals surface area contributed by atoms with Gasteiger partial charge in [0.15, 0.2) is 11.1 Å². The van der Waals surface area contributed by atoms with E-state index in [9.17, 15) is 22.4 Å². The number of aromatic amines is 1. The van der Waals surface area contributed by atoms with Gasteiger partial charge in [0.2, 0.25) is 5.78 Å². The van der Waals surface area contributed by atoms with Crippen molar-refractivity contribution in [3.05, 3.63) is 51.9 Å². The zero-order valence-corrected chi connectivity index (χ0v) is 12.0. The summed E-state index contributed by atoms with van der Waals surface area (Å²) in [5, 5.41) is 10.4. The summed E-state index contributed by atoms with van der Waals surface area (Å²) in [5.74, 6) is -1.09. The predicted octanol–water partition coefficient (Wildman–Crippen LogP) is 3.59. The number of aliphatic hydroxyl groups is 1. The normalized spacial score (nSPS) is 13.4. The number of benzene rings is 1. The first kappa shape index (κ1) is 15.6. The van der Waals surface area contributed by atoms with E-state index in [0.717, 1.165) is 5.38 Å². The van der Waals surface area contributed by atoms with Crippen molar-refractivity contribution in [2.45, 2.75) is 12.3 Å². The van der Waals surface area contributed by atoms with Crippen LogP contribution in [0.4, 0.5) is 17.6 Å². The highest BCUT2D eigenvalue weighted by atomic mass is 32.1. The van der Waals surface area contributed by atoms with E-state index in [2.05, 4.69) is 9.97 Å². The average molecular weight is 344 g/mol. The summed E-state index contributed by atoms with van der Waals surface area (Å²) in [6.07, 6.45) is -6.25. The summed E-state index contributed by atoms with van der Waals surface area (Å²) in [6.45, 7) is 0. The third-order valence-electron chi connectivity index (χ3n) is 3.19. The second-order valence-corrected chi connectivity index (χ2v) is 5.60. The fourth-order valence-electron chi connectivity index (χ4n) is 2.09. The number of ketones is 1. The summed E-state index contributed by atoms with van der Waals surface area (Å²) in [6, 6.07) is 3.77. The molecule has 0 saturated carbocycles. The van der Waals surface area contributed by atoms with E-state index in [1.165, 1.54) is 24.4 Å². The van der Waals surface area contributed by atoms with Crippen molar-refractivity contribution in [3.8, 4) is 0 Å². The molecule has 3 aromatic rings. The minimum absolute atomic E-state index is 0.169. The molecule has 0 aliphatic rings. The molecule has 0 bridgehead atoms. The Morgan fingerprint density at radius 2 is 2.09 bits per heavy atom. The molecular formula is C14H8F4N2O2S. The number of thiazole rings is 1. The number of carbonyl (C=O) groups excluding carboxylic acids is 1. The molecule has 9 heteroatoms. The summed E-state index contributed by atoms with van der Waals surface area (Å²) in [4.78, 5) is 18.7. The van der Waals surface area contributed by atoms with Crippen molar-refractivity contribution in [2.75, 3.05) is 0 Å². The molecule has 0 radical (unpaired) electrons. The average Bonchev–Trinajstić information content (AvgIpc) is 3.11. The van der Waals surface area contributed by atoms with Crippen LogP contribution in [0.3, 0.4) is 0 Å². The third kappa shape index (κ3) is 2.84. The molecule has 3 rings (SSSR count). The molecule has 0 amide bonds. The maximum atomic E-state index is 13.1. The van der Waals surface area contributed by atoms with Crippen LogP contribution in [0, 0.1) is 5.82 Å². The topological polar surface area (TPSA) is 66.0 Å². The first-order valence-electron chi connectivity index (χ1n) is 6.29. The molecule has 0 saturated heterocycles. The van der Waals surface area contributed by atoms with Gasteiger partial charge in [0.1, 0.15) is 5.82 Å². The third-order valence-corrected chi connectivity index (χ3v) is 4.05. The Balaban J connectivity index is 1.96. The Bertz CT molecular complexity index is 884. The van der Waals surface area contributed by atoms with Gasteiger partial charge in [-0.15, -0.1) is 11.3 Å². The van der Waals surface area contributed by atoms with Gasteiger partial charge in [-0.1, -0.05) is 0 Å². The molecular weight excluding hydrogens is 336 g/mol. The number of H-pyrrole nitrogens is 1. The summed E-state index contributed by atoms with van der Waals surface area (Å²) in [7, 11) is 0. The largest absolute Gasteiger partial charge is 0.420 e. The monoisotopic (exact) mass is 344 g/mol. The molecule has 120 valence electrons. The van der Waals surface area contributed by atoms with E-state index < -0.39 is 29.6 Å². The SMILES string of the molecule is O=C(c1nc([C@H](O)C(F)(F)F)cs1)c1c[nH]c2cc(F)ccc12. The van der Waals surface area contributed by atoms with Crippen LogP contribution < -0.4 is 0 Å². The van der Waals surface area contributed by atoms with Crippen LogP contribution in [-0.2, 0) is 0 Å². The van der Waals surface area contributed by atoms with Crippen molar-refractivity contribution in [1.82, 2.24) is 9.97 Å². The number of alkyl halides is 3. The molecule has 2 aromatic heterocycles. The molecule has 0 aliphatic heterocycles. The van der Waals surface area contributed by atoms with Gasteiger partial charge in [-0.2, -0.15) is 13.2 Å². The Morgan fingerprint density at radius 3 is 2.78 bits per heavy atom. The van der Waals surface area contributed by atoms with Gasteiger partial charge in [-0.05, 0) is 18.2 Å². The van der Waals surface area contributed by atoms with Crippen LogP contribution >= 0.6 is 11.3 Å². The number of hydrogen-bond acceptors (Lipinski definition) is 4. The molecule has 0 unspecified atom stereocenters. The quantitative estimate of drug-likeness (QED) is 0.564. The fraction of sp³-hybridized carbons (Fsp3) is 0.143. The smallest absolute Gasteiger partial charge is 0.378 e. The highest BCUT2D eigenvalue weighted by Gasteiger charge is 2.41. The van der Waals surface area contributed by atoms with Crippen LogP contribution in [0.1, 0.15) is 27.2 Å². The number of nitrogens with one attached hydrogen (secondary N) is 1. The first-order valence-corrected chi connectivity index (χ1v) is 7.17. The Labute approximate surface area is 130 Å². The number of nitrogens with zero attached hydrogens (tertiary/aromatic N) is 1. The summed E-state index contributed by atoms with van der Waals surface area (Å²) >= 11 is 0.703. The molecule has 2 N–H and O–H groups in total. The number of aromatic nitrogens is 2. The van der Waals surface area contributed by atoms with Gasteiger partial charge in [-0.25, -0.2) is 9.37 Å². The molecule has 2 heterocycles. The maximum Gasteiger partial charge on any atom is 0.420 e. The lowest BCUT2D eigenvalue weighted by Gasteiger charge is -2.11. The van der Waals surface area contributed by atoms with Gasteiger partial charge in [0.25, 0.3) is 0 Å². The highest BCUT2D eigenvalue weighted by Crippen LogP contribution is 2.33. The van der Waals surface area contributed by atoms with Crippen LogP contribution in [0.15, 0.2) is 29.8 Å². The standard InChI is InChI=1S/C14H8F4N2O2S/c15-6-1-2-7-8(4-19-9(7)3-6)11(21)13-20-10(5-23-13)12(22)14(16,17)18/h1-5,12,19,22H/t12-/m0/s1. The Morgan fingerprint density at radius 1 is 1.35 bits per heavy atom. The molecule has 1 atom stereocenters. The van der Waals surface area contributed by atoms with E-state index in [1.807, 2.05) is 0 Å². The van der Waals surface area contributed by atoms with Crippen LogP contribution in [0.2, 0.25) is 0 Å². The Hall–Kier alpha value is -2.26. The van der Waals surface area contributed by atoms with E-state index in [1.54, 1.807) is 0 Å². The van der Waals surface area contributed by atoms with Crippen molar-refractivity contribution < 1.29 is 27.5 Å². The zero-order valence-electron chi connectivity index (χ0n) is 11.2.